The minimum atomic E-state index is 0.419. The Kier molecular flexibility index (Phi) is 5.36. The average molecular weight is 194 g/mol. The van der Waals surface area contributed by atoms with Gasteiger partial charge in [-0.15, -0.1) is 0 Å². The molecule has 1 aromatic rings. The molecule has 0 N–H and O–H groups in total. The van der Waals surface area contributed by atoms with Crippen LogP contribution in [-0.2, 0) is 0 Å². The Labute approximate surface area is 87.8 Å². The van der Waals surface area contributed by atoms with Gasteiger partial charge in [0.1, 0.15) is 5.82 Å². The van der Waals surface area contributed by atoms with Crippen LogP contribution in [0.25, 0.3) is 0 Å². The average Bonchev–Trinajstić information content (AvgIpc) is 2.16. The molecular formula is C12H22N2. The Morgan fingerprint density at radius 1 is 0.857 bits per heavy atom. The van der Waals surface area contributed by atoms with Gasteiger partial charge in [-0.2, -0.15) is 0 Å². The van der Waals surface area contributed by atoms with Crippen LogP contribution in [0, 0.1) is 20.8 Å². The van der Waals surface area contributed by atoms with E-state index in [1.807, 2.05) is 27.7 Å². The predicted octanol–water partition coefficient (Wildman–Crippen LogP) is 3.55. The predicted molar refractivity (Wildman–Crippen MR) is 61.7 cm³/mol. The van der Waals surface area contributed by atoms with Gasteiger partial charge in [-0.3, -0.25) is 0 Å². The summed E-state index contributed by atoms with van der Waals surface area (Å²) in [7, 11) is 0. The molecule has 1 heterocycles. The van der Waals surface area contributed by atoms with Crippen LogP contribution in [0.5, 0.6) is 0 Å². The molecule has 0 aliphatic rings. The number of aryl methyl sites for hydroxylation is 2. The molecule has 0 atom stereocenters. The molecule has 0 fully saturated rings. The third-order valence-corrected chi connectivity index (χ3v) is 2.17. The van der Waals surface area contributed by atoms with Crippen molar-refractivity contribution in [1.82, 2.24) is 9.97 Å². The van der Waals surface area contributed by atoms with Crippen molar-refractivity contribution in [3.63, 3.8) is 0 Å². The van der Waals surface area contributed by atoms with Crippen LogP contribution in [0.1, 0.15) is 56.4 Å². The normalized spacial score (nSPS) is 9.71. The molecule has 0 saturated carbocycles. The highest BCUT2D eigenvalue weighted by molar-refractivity contribution is 5.22. The van der Waals surface area contributed by atoms with Crippen LogP contribution in [0.3, 0.4) is 0 Å². The summed E-state index contributed by atoms with van der Waals surface area (Å²) in [6.07, 6.45) is 0. The molecule has 80 valence electrons. The molecule has 0 aromatic carbocycles. The minimum absolute atomic E-state index is 0.419. The maximum Gasteiger partial charge on any atom is 0.131 e. The van der Waals surface area contributed by atoms with Crippen molar-refractivity contribution in [2.24, 2.45) is 0 Å². The first-order valence-corrected chi connectivity index (χ1v) is 5.34. The van der Waals surface area contributed by atoms with E-state index in [2.05, 4.69) is 30.7 Å². The topological polar surface area (TPSA) is 25.8 Å². The highest BCUT2D eigenvalue weighted by atomic mass is 14.9. The number of aromatic nitrogens is 2. The maximum atomic E-state index is 4.42. The molecule has 0 aliphatic heterocycles. The molecule has 0 radical (unpaired) electrons. The zero-order valence-corrected chi connectivity index (χ0v) is 10.5. The van der Waals surface area contributed by atoms with Crippen molar-refractivity contribution in [1.29, 1.82) is 0 Å². The van der Waals surface area contributed by atoms with Crippen LogP contribution in [0.4, 0.5) is 0 Å². The van der Waals surface area contributed by atoms with E-state index in [0.29, 0.717) is 5.92 Å². The van der Waals surface area contributed by atoms with E-state index in [0.717, 1.165) is 17.2 Å². The summed E-state index contributed by atoms with van der Waals surface area (Å²) in [6.45, 7) is 14.4. The molecule has 14 heavy (non-hydrogen) atoms. The number of rotatable bonds is 1. The van der Waals surface area contributed by atoms with Crippen molar-refractivity contribution in [3.8, 4) is 0 Å². The van der Waals surface area contributed by atoms with Gasteiger partial charge in [-0.1, -0.05) is 27.7 Å². The van der Waals surface area contributed by atoms with Crippen molar-refractivity contribution in [2.45, 2.75) is 54.4 Å². The van der Waals surface area contributed by atoms with Gasteiger partial charge in [0.2, 0.25) is 0 Å². The fraction of sp³-hybridized carbons (Fsp3) is 0.667. The zero-order valence-electron chi connectivity index (χ0n) is 10.5. The van der Waals surface area contributed by atoms with E-state index in [-0.39, 0.29) is 0 Å². The van der Waals surface area contributed by atoms with Crippen molar-refractivity contribution >= 4 is 0 Å². The Bertz CT molecular complexity index is 267. The summed E-state index contributed by atoms with van der Waals surface area (Å²) in [5.41, 5.74) is 3.41. The van der Waals surface area contributed by atoms with E-state index in [4.69, 9.17) is 0 Å². The first-order chi connectivity index (χ1) is 6.52. The van der Waals surface area contributed by atoms with E-state index in [1.165, 1.54) is 5.56 Å². The lowest BCUT2D eigenvalue weighted by Crippen LogP contribution is -2.03. The summed E-state index contributed by atoms with van der Waals surface area (Å²) >= 11 is 0. The standard InChI is InChI=1S/C10H16N2.C2H6/c1-6(2)10-11-8(4)7(3)9(5)12-10;1-2/h6H,1-5H3;1-2H3. The second kappa shape index (κ2) is 5.74. The van der Waals surface area contributed by atoms with Crippen molar-refractivity contribution < 1.29 is 0 Å². The highest BCUT2D eigenvalue weighted by Crippen LogP contribution is 2.13. The Hall–Kier alpha value is -0.920. The van der Waals surface area contributed by atoms with Gasteiger partial charge in [0.25, 0.3) is 0 Å². The van der Waals surface area contributed by atoms with E-state index in [9.17, 15) is 0 Å². The van der Waals surface area contributed by atoms with Gasteiger partial charge in [0, 0.05) is 17.3 Å². The Morgan fingerprint density at radius 3 is 1.50 bits per heavy atom. The SMILES string of the molecule is CC.Cc1nc(C(C)C)nc(C)c1C. The summed E-state index contributed by atoms with van der Waals surface area (Å²) in [6, 6.07) is 0. The number of hydrogen-bond donors (Lipinski definition) is 0. The van der Waals surface area contributed by atoms with E-state index in [1.54, 1.807) is 0 Å². The number of nitrogens with zero attached hydrogens (tertiary/aromatic N) is 2. The second-order valence-corrected chi connectivity index (χ2v) is 3.53. The first-order valence-electron chi connectivity index (χ1n) is 5.34. The Morgan fingerprint density at radius 2 is 1.21 bits per heavy atom. The largest absolute Gasteiger partial charge is 0.238 e. The molecule has 0 bridgehead atoms. The van der Waals surface area contributed by atoms with E-state index >= 15 is 0 Å². The van der Waals surface area contributed by atoms with Crippen LogP contribution in [-0.4, -0.2) is 9.97 Å². The van der Waals surface area contributed by atoms with Crippen LogP contribution >= 0.6 is 0 Å². The van der Waals surface area contributed by atoms with Crippen molar-refractivity contribution in [3.05, 3.63) is 22.8 Å². The van der Waals surface area contributed by atoms with Crippen LogP contribution in [0.15, 0.2) is 0 Å². The molecule has 0 amide bonds. The minimum Gasteiger partial charge on any atom is -0.238 e. The third kappa shape index (κ3) is 3.09. The molecule has 0 unspecified atom stereocenters. The van der Waals surface area contributed by atoms with Gasteiger partial charge in [0.05, 0.1) is 0 Å². The van der Waals surface area contributed by atoms with Gasteiger partial charge in [0.15, 0.2) is 0 Å². The first kappa shape index (κ1) is 13.1. The summed E-state index contributed by atoms with van der Waals surface area (Å²) < 4.78 is 0. The molecule has 2 nitrogen and oxygen atoms in total. The Balaban J connectivity index is 0.000000791. The van der Waals surface area contributed by atoms with Crippen LogP contribution in [0.2, 0.25) is 0 Å². The van der Waals surface area contributed by atoms with Gasteiger partial charge in [-0.25, -0.2) is 9.97 Å². The molecule has 0 saturated heterocycles. The lowest BCUT2D eigenvalue weighted by molar-refractivity contribution is 0.753. The van der Waals surface area contributed by atoms with Gasteiger partial charge < -0.3 is 0 Å². The molecule has 2 heteroatoms. The highest BCUT2D eigenvalue weighted by Gasteiger charge is 2.06. The molecule has 1 rings (SSSR count). The lowest BCUT2D eigenvalue weighted by Gasteiger charge is -2.08. The van der Waals surface area contributed by atoms with Gasteiger partial charge >= 0.3 is 0 Å². The monoisotopic (exact) mass is 194 g/mol. The third-order valence-electron chi connectivity index (χ3n) is 2.17. The summed E-state index contributed by atoms with van der Waals surface area (Å²) in [5.74, 6) is 1.37. The molecule has 0 aliphatic carbocycles. The van der Waals surface area contributed by atoms with Gasteiger partial charge in [-0.05, 0) is 26.3 Å². The molecular weight excluding hydrogens is 172 g/mol. The van der Waals surface area contributed by atoms with Crippen molar-refractivity contribution in [2.75, 3.05) is 0 Å². The number of hydrogen-bond acceptors (Lipinski definition) is 2. The summed E-state index contributed by atoms with van der Waals surface area (Å²) in [4.78, 5) is 8.84. The fourth-order valence-electron chi connectivity index (χ4n) is 1.06. The molecule has 1 aromatic heterocycles. The van der Waals surface area contributed by atoms with E-state index < -0.39 is 0 Å². The fourth-order valence-corrected chi connectivity index (χ4v) is 1.06. The zero-order chi connectivity index (χ0) is 11.3. The smallest absolute Gasteiger partial charge is 0.131 e. The lowest BCUT2D eigenvalue weighted by atomic mass is 10.1. The quantitative estimate of drug-likeness (QED) is 0.683. The summed E-state index contributed by atoms with van der Waals surface area (Å²) in [5, 5.41) is 0. The molecule has 0 spiro atoms. The maximum absolute atomic E-state index is 4.42. The second-order valence-electron chi connectivity index (χ2n) is 3.53. The van der Waals surface area contributed by atoms with Crippen LogP contribution < -0.4 is 0 Å².